The van der Waals surface area contributed by atoms with Gasteiger partial charge < -0.3 is 5.32 Å². The Kier molecular flexibility index (Phi) is 6.77. The number of hydrogen-bond acceptors (Lipinski definition) is 5. The molecular formula is C28H26N4O2S. The third kappa shape index (κ3) is 4.77. The fourth-order valence-electron chi connectivity index (χ4n) is 4.22. The van der Waals surface area contributed by atoms with Crippen LogP contribution in [0.2, 0.25) is 0 Å². The minimum atomic E-state index is -0.622. The van der Waals surface area contributed by atoms with Crippen LogP contribution in [0.5, 0.6) is 0 Å². The Morgan fingerprint density at radius 2 is 1.69 bits per heavy atom. The molecule has 0 aliphatic carbocycles. The topological polar surface area (TPSA) is 74.1 Å². The Labute approximate surface area is 209 Å². The quantitative estimate of drug-likeness (QED) is 0.521. The zero-order valence-electron chi connectivity index (χ0n) is 19.4. The highest BCUT2D eigenvalue weighted by atomic mass is 32.2. The van der Waals surface area contributed by atoms with Crippen LogP contribution in [-0.4, -0.2) is 39.5 Å². The van der Waals surface area contributed by atoms with Gasteiger partial charge in [-0.1, -0.05) is 91.5 Å². The van der Waals surface area contributed by atoms with E-state index in [1.54, 1.807) is 4.90 Å². The lowest BCUT2D eigenvalue weighted by Crippen LogP contribution is -2.42. The number of carbonyl (C=O) groups excluding carboxylic acids is 2. The number of thioether (sulfide) groups is 1. The normalized spacial score (nSPS) is 17.2. The molecule has 2 heterocycles. The van der Waals surface area contributed by atoms with Crippen molar-refractivity contribution in [3.05, 3.63) is 102 Å². The minimum absolute atomic E-state index is 0.0558. The van der Waals surface area contributed by atoms with E-state index in [0.29, 0.717) is 24.0 Å². The van der Waals surface area contributed by atoms with Gasteiger partial charge in [0.05, 0.1) is 10.9 Å². The van der Waals surface area contributed by atoms with Crippen molar-refractivity contribution in [1.29, 1.82) is 0 Å². The predicted octanol–water partition coefficient (Wildman–Crippen LogP) is 4.89. The standard InChI is InChI=1S/C28H26N4O2S/c1-2-23(26(33)29-18-17-19-11-5-3-6-12-19)35-28-30-22-16-10-9-15-21(22)25-31-24(27(34)32(25)28)20-13-7-4-8-14-20/h3-16,23-24H,2,17-18H2,1H3,(H,29,33)/t23-,24+/m1/s1. The summed E-state index contributed by atoms with van der Waals surface area (Å²) in [7, 11) is 0. The summed E-state index contributed by atoms with van der Waals surface area (Å²) < 4.78 is 0. The Balaban J connectivity index is 1.37. The van der Waals surface area contributed by atoms with E-state index in [1.165, 1.54) is 17.3 Å². The van der Waals surface area contributed by atoms with E-state index in [1.807, 2.05) is 79.7 Å². The van der Waals surface area contributed by atoms with Crippen LogP contribution < -0.4 is 5.32 Å². The van der Waals surface area contributed by atoms with E-state index < -0.39 is 6.04 Å². The van der Waals surface area contributed by atoms with Crippen molar-refractivity contribution < 1.29 is 9.59 Å². The number of carbonyl (C=O) groups is 2. The lowest BCUT2D eigenvalue weighted by atomic mass is 10.1. The van der Waals surface area contributed by atoms with Crippen molar-refractivity contribution in [2.24, 2.45) is 9.98 Å². The smallest absolute Gasteiger partial charge is 0.263 e. The summed E-state index contributed by atoms with van der Waals surface area (Å²) in [6, 6.07) is 26.7. The van der Waals surface area contributed by atoms with Crippen molar-refractivity contribution in [3.63, 3.8) is 0 Å². The zero-order chi connectivity index (χ0) is 24.2. The first-order valence-electron chi connectivity index (χ1n) is 11.8. The van der Waals surface area contributed by atoms with Crippen molar-refractivity contribution in [2.75, 3.05) is 6.54 Å². The van der Waals surface area contributed by atoms with Crippen molar-refractivity contribution >= 4 is 40.3 Å². The largest absolute Gasteiger partial charge is 0.355 e. The minimum Gasteiger partial charge on any atom is -0.355 e. The molecule has 2 amide bonds. The van der Waals surface area contributed by atoms with Gasteiger partial charge in [0.2, 0.25) is 5.91 Å². The van der Waals surface area contributed by atoms with Gasteiger partial charge in [0.1, 0.15) is 5.84 Å². The summed E-state index contributed by atoms with van der Waals surface area (Å²) in [6.45, 7) is 2.53. The molecule has 0 aromatic heterocycles. The highest BCUT2D eigenvalue weighted by Gasteiger charge is 2.43. The zero-order valence-corrected chi connectivity index (χ0v) is 20.2. The third-order valence-electron chi connectivity index (χ3n) is 6.05. The van der Waals surface area contributed by atoms with Crippen LogP contribution in [0.25, 0.3) is 0 Å². The van der Waals surface area contributed by atoms with Gasteiger partial charge in [0, 0.05) is 12.1 Å². The number of amidine groups is 2. The molecule has 1 N–H and O–H groups in total. The highest BCUT2D eigenvalue weighted by molar-refractivity contribution is 8.15. The van der Waals surface area contributed by atoms with Crippen molar-refractivity contribution in [1.82, 2.24) is 10.2 Å². The van der Waals surface area contributed by atoms with Gasteiger partial charge in [-0.3, -0.25) is 9.59 Å². The Bertz CT molecular complexity index is 1290. The molecule has 0 unspecified atom stereocenters. The van der Waals surface area contributed by atoms with E-state index in [9.17, 15) is 9.59 Å². The van der Waals surface area contributed by atoms with Crippen LogP contribution >= 0.6 is 11.8 Å². The molecule has 0 saturated carbocycles. The molecule has 6 nitrogen and oxygen atoms in total. The molecule has 0 radical (unpaired) electrons. The summed E-state index contributed by atoms with van der Waals surface area (Å²) >= 11 is 1.32. The highest BCUT2D eigenvalue weighted by Crippen LogP contribution is 2.38. The van der Waals surface area contributed by atoms with Crippen molar-refractivity contribution in [3.8, 4) is 0 Å². The molecule has 2 aliphatic heterocycles. The summed E-state index contributed by atoms with van der Waals surface area (Å²) in [6.07, 6.45) is 1.38. The van der Waals surface area contributed by atoms with Gasteiger partial charge in [0.15, 0.2) is 11.2 Å². The number of nitrogens with zero attached hydrogens (tertiary/aromatic N) is 3. The number of fused-ring (bicyclic) bond motifs is 3. The SMILES string of the molecule is CC[C@@H](SC1=Nc2ccccc2C2=N[C@@H](c3ccccc3)C(=O)N12)C(=O)NCCc1ccccc1. The molecule has 0 saturated heterocycles. The summed E-state index contributed by atoms with van der Waals surface area (Å²) in [4.78, 5) is 37.8. The van der Waals surface area contributed by atoms with Gasteiger partial charge in [0.25, 0.3) is 5.91 Å². The van der Waals surface area contributed by atoms with E-state index >= 15 is 0 Å². The van der Waals surface area contributed by atoms with E-state index in [0.717, 1.165) is 23.2 Å². The second-order valence-electron chi connectivity index (χ2n) is 8.39. The molecule has 7 heteroatoms. The Hall–Kier alpha value is -3.71. The lowest BCUT2D eigenvalue weighted by molar-refractivity contribution is -0.125. The average molecular weight is 483 g/mol. The number of benzene rings is 3. The van der Waals surface area contributed by atoms with Gasteiger partial charge in [-0.2, -0.15) is 0 Å². The fraction of sp³-hybridized carbons (Fsp3) is 0.214. The fourth-order valence-corrected chi connectivity index (χ4v) is 5.26. The van der Waals surface area contributed by atoms with Gasteiger partial charge >= 0.3 is 0 Å². The molecule has 35 heavy (non-hydrogen) atoms. The van der Waals surface area contributed by atoms with Crippen LogP contribution in [0.3, 0.4) is 0 Å². The Morgan fingerprint density at radius 3 is 2.43 bits per heavy atom. The third-order valence-corrected chi connectivity index (χ3v) is 7.37. The molecular weight excluding hydrogens is 456 g/mol. The maximum atomic E-state index is 13.5. The molecule has 3 aromatic rings. The predicted molar refractivity (Wildman–Crippen MR) is 141 cm³/mol. The Morgan fingerprint density at radius 1 is 1.00 bits per heavy atom. The number of aliphatic imine (C=N–C) groups is 2. The molecule has 0 fully saturated rings. The van der Waals surface area contributed by atoms with Crippen LogP contribution in [0, 0.1) is 0 Å². The van der Waals surface area contributed by atoms with Crippen LogP contribution in [0.15, 0.2) is 94.9 Å². The van der Waals surface area contributed by atoms with Crippen LogP contribution in [-0.2, 0) is 16.0 Å². The van der Waals surface area contributed by atoms with Crippen LogP contribution in [0.4, 0.5) is 5.69 Å². The monoisotopic (exact) mass is 482 g/mol. The number of hydrogen-bond donors (Lipinski definition) is 1. The molecule has 5 rings (SSSR count). The lowest BCUT2D eigenvalue weighted by Gasteiger charge is -2.27. The van der Waals surface area contributed by atoms with Crippen molar-refractivity contribution in [2.45, 2.75) is 31.1 Å². The molecule has 0 spiro atoms. The second kappa shape index (κ2) is 10.3. The van der Waals surface area contributed by atoms with E-state index in [2.05, 4.69) is 17.4 Å². The number of amides is 2. The molecule has 3 aromatic carbocycles. The molecule has 0 bridgehead atoms. The maximum absolute atomic E-state index is 13.5. The first-order chi connectivity index (χ1) is 17.2. The summed E-state index contributed by atoms with van der Waals surface area (Å²) in [5, 5.41) is 3.17. The maximum Gasteiger partial charge on any atom is 0.263 e. The summed E-state index contributed by atoms with van der Waals surface area (Å²) in [5.74, 6) is 0.391. The summed E-state index contributed by atoms with van der Waals surface area (Å²) in [5.41, 5.74) is 3.60. The molecule has 2 aliphatic rings. The van der Waals surface area contributed by atoms with Gasteiger partial charge in [-0.05, 0) is 36.1 Å². The number of para-hydroxylation sites is 1. The van der Waals surface area contributed by atoms with Gasteiger partial charge in [-0.25, -0.2) is 14.9 Å². The van der Waals surface area contributed by atoms with Gasteiger partial charge in [-0.15, -0.1) is 0 Å². The molecule has 176 valence electrons. The first-order valence-corrected chi connectivity index (χ1v) is 12.7. The average Bonchev–Trinajstić information content (AvgIpc) is 3.26. The van der Waals surface area contributed by atoms with Crippen LogP contribution in [0.1, 0.15) is 36.1 Å². The first kappa shape index (κ1) is 23.1. The number of nitrogens with one attached hydrogen (secondary N) is 1. The van der Waals surface area contributed by atoms with E-state index in [-0.39, 0.29) is 17.1 Å². The second-order valence-corrected chi connectivity index (χ2v) is 9.56. The number of rotatable bonds is 7. The van der Waals surface area contributed by atoms with E-state index in [4.69, 9.17) is 9.98 Å². The molecule has 2 atom stereocenters.